The van der Waals surface area contributed by atoms with E-state index in [0.717, 1.165) is 0 Å². The summed E-state index contributed by atoms with van der Waals surface area (Å²) in [7, 11) is -3.59. The van der Waals surface area contributed by atoms with Gasteiger partial charge < -0.3 is 9.88 Å². The Bertz CT molecular complexity index is 979. The number of alkyl halides is 3. The molecule has 3 aromatic carbocycles. The molecule has 1 amide bonds. The third-order valence-electron chi connectivity index (χ3n) is 4.33. The number of carbonyl (C=O) groups excluding carboxylic acids is 1. The molecule has 0 heterocycles. The average Bonchev–Trinajstić information content (AvgIpc) is 2.72. The fraction of sp³-hybridized carbons (Fsp3) is 0.0952. The number of rotatable bonds is 5. The Morgan fingerprint density at radius 2 is 1.24 bits per heavy atom. The lowest BCUT2D eigenvalue weighted by molar-refractivity contribution is 0.0948. The number of halogens is 4. The van der Waals surface area contributed by atoms with Crippen molar-refractivity contribution in [2.75, 3.05) is 0 Å². The minimum Gasteiger partial charge on any atom is -0.338 e. The number of hydrogen-bond acceptors (Lipinski definition) is 2. The average molecular weight is 487 g/mol. The molecule has 8 heteroatoms. The van der Waals surface area contributed by atoms with Gasteiger partial charge in [0.2, 0.25) is 3.79 Å². The van der Waals surface area contributed by atoms with E-state index in [4.69, 9.17) is 46.4 Å². The molecule has 0 bridgehead atoms. The van der Waals surface area contributed by atoms with Crippen LogP contribution in [0.1, 0.15) is 10.4 Å². The summed E-state index contributed by atoms with van der Waals surface area (Å²) in [6.45, 7) is 0. The van der Waals surface area contributed by atoms with E-state index in [1.807, 2.05) is 0 Å². The number of carbonyl (C=O) groups is 1. The molecule has 0 fully saturated rings. The van der Waals surface area contributed by atoms with Crippen molar-refractivity contribution in [2.45, 2.75) is 9.58 Å². The van der Waals surface area contributed by atoms with Crippen LogP contribution in [0, 0.1) is 0 Å². The molecule has 29 heavy (non-hydrogen) atoms. The van der Waals surface area contributed by atoms with Crippen LogP contribution in [0.4, 0.5) is 0 Å². The van der Waals surface area contributed by atoms with Crippen molar-refractivity contribution in [3.8, 4) is 0 Å². The highest BCUT2D eigenvalue weighted by molar-refractivity contribution is 7.79. The molecule has 0 aliphatic heterocycles. The van der Waals surface area contributed by atoms with Crippen molar-refractivity contribution >= 4 is 70.1 Å². The second-order valence-electron chi connectivity index (χ2n) is 6.25. The summed E-state index contributed by atoms with van der Waals surface area (Å²) in [5.74, 6) is -1.82. The van der Waals surface area contributed by atoms with E-state index in [-0.39, 0.29) is 0 Å². The van der Waals surface area contributed by atoms with Crippen LogP contribution in [0.5, 0.6) is 0 Å². The Hall–Kier alpha value is -1.48. The highest BCUT2D eigenvalue weighted by Gasteiger charge is 2.49. The number of hydrogen-bond donors (Lipinski definition) is 1. The third kappa shape index (κ3) is 4.99. The molecule has 0 aromatic heterocycles. The lowest BCUT2D eigenvalue weighted by Gasteiger charge is -2.34. The first kappa shape index (κ1) is 22.2. The molecule has 0 saturated heterocycles. The lowest BCUT2D eigenvalue weighted by atomic mass is 10.2. The minimum atomic E-state index is -3.59. The van der Waals surface area contributed by atoms with E-state index in [2.05, 4.69) is 5.32 Å². The molecule has 1 atom stereocenters. The summed E-state index contributed by atoms with van der Waals surface area (Å²) in [4.78, 5) is 12.9. The van der Waals surface area contributed by atoms with Gasteiger partial charge in [-0.2, -0.15) is 0 Å². The van der Waals surface area contributed by atoms with Gasteiger partial charge >= 0.3 is 0 Å². The van der Waals surface area contributed by atoms with Gasteiger partial charge in [0.05, 0.1) is 0 Å². The van der Waals surface area contributed by atoms with Crippen LogP contribution in [0.25, 0.3) is 0 Å². The van der Waals surface area contributed by atoms with Crippen LogP contribution in [0.15, 0.2) is 84.9 Å². The van der Waals surface area contributed by atoms with Crippen molar-refractivity contribution in [3.63, 3.8) is 0 Å². The van der Waals surface area contributed by atoms with E-state index in [0.29, 0.717) is 21.2 Å². The Morgan fingerprint density at radius 1 is 0.793 bits per heavy atom. The molecule has 0 saturated carbocycles. The quantitative estimate of drug-likeness (QED) is 0.367. The van der Waals surface area contributed by atoms with Gasteiger partial charge in [0.25, 0.3) is 5.91 Å². The molecule has 0 aliphatic rings. The van der Waals surface area contributed by atoms with Gasteiger partial charge in [-0.15, -0.1) is 0 Å². The fourth-order valence-electron chi connectivity index (χ4n) is 2.93. The van der Waals surface area contributed by atoms with Gasteiger partial charge in [-0.25, -0.2) is 0 Å². The van der Waals surface area contributed by atoms with Crippen LogP contribution in [0.3, 0.4) is 0 Å². The number of amides is 1. The van der Waals surface area contributed by atoms with Crippen LogP contribution < -0.4 is 15.9 Å². The predicted molar refractivity (Wildman–Crippen MR) is 123 cm³/mol. The summed E-state index contributed by atoms with van der Waals surface area (Å²) in [5, 5.41) is 4.12. The first-order valence-corrected chi connectivity index (χ1v) is 11.9. The van der Waals surface area contributed by atoms with Gasteiger partial charge in [0.1, 0.15) is 5.78 Å². The van der Waals surface area contributed by atoms with Crippen LogP contribution in [-0.4, -0.2) is 15.5 Å². The van der Waals surface area contributed by atoms with E-state index >= 15 is 0 Å². The topological polar surface area (TPSA) is 46.2 Å². The summed E-state index contributed by atoms with van der Waals surface area (Å²) in [6.07, 6.45) is 0. The maximum Gasteiger partial charge on any atom is 0.252 e. The van der Waals surface area contributed by atoms with Gasteiger partial charge in [-0.3, -0.25) is 4.79 Å². The Balaban J connectivity index is 2.12. The standard InChI is InChI=1S/C21H16Cl4NO2P/c22-16-13-11-15(12-14-16)19(27)26-20(21(23,24)25)29(28,17-7-3-1-4-8-17)18-9-5-2-6-10-18/h1-14,20H,(H,26,27). The molecule has 3 rings (SSSR count). The molecule has 0 spiro atoms. The Kier molecular flexibility index (Phi) is 6.98. The molecular formula is C21H16Cl4NO2P. The van der Waals surface area contributed by atoms with Crippen LogP contribution in [0.2, 0.25) is 5.02 Å². The van der Waals surface area contributed by atoms with Crippen LogP contribution in [-0.2, 0) is 4.57 Å². The van der Waals surface area contributed by atoms with Gasteiger partial charge in [-0.1, -0.05) is 107 Å². The lowest BCUT2D eigenvalue weighted by Crippen LogP contribution is -2.47. The normalized spacial score (nSPS) is 13.0. The first-order valence-electron chi connectivity index (χ1n) is 8.57. The number of benzene rings is 3. The summed E-state index contributed by atoms with van der Waals surface area (Å²) in [5.41, 5.74) is 0.307. The monoisotopic (exact) mass is 485 g/mol. The van der Waals surface area contributed by atoms with Crippen molar-refractivity contribution in [1.29, 1.82) is 0 Å². The fourth-order valence-corrected chi connectivity index (χ4v) is 7.30. The van der Waals surface area contributed by atoms with Gasteiger partial charge in [-0.05, 0) is 24.3 Å². The maximum absolute atomic E-state index is 14.5. The van der Waals surface area contributed by atoms with Crippen molar-refractivity contribution in [2.24, 2.45) is 0 Å². The van der Waals surface area contributed by atoms with E-state index in [1.54, 1.807) is 84.9 Å². The zero-order valence-corrected chi connectivity index (χ0v) is 18.9. The predicted octanol–water partition coefficient (Wildman–Crippen LogP) is 5.78. The molecule has 1 N–H and O–H groups in total. The molecule has 3 aromatic rings. The Labute approximate surface area is 189 Å². The Morgan fingerprint density at radius 3 is 1.66 bits per heavy atom. The molecule has 1 unspecified atom stereocenters. The molecule has 3 nitrogen and oxygen atoms in total. The summed E-state index contributed by atoms with van der Waals surface area (Å²) in [6, 6.07) is 23.7. The highest BCUT2D eigenvalue weighted by atomic mass is 35.6. The zero-order chi connectivity index (χ0) is 21.1. The molecule has 150 valence electrons. The first-order chi connectivity index (χ1) is 13.7. The largest absolute Gasteiger partial charge is 0.338 e. The summed E-state index contributed by atoms with van der Waals surface area (Å²) < 4.78 is 12.5. The van der Waals surface area contributed by atoms with E-state index < -0.39 is 22.6 Å². The maximum atomic E-state index is 14.5. The van der Waals surface area contributed by atoms with Crippen LogP contribution >= 0.6 is 53.5 Å². The molecule has 0 radical (unpaired) electrons. The second kappa shape index (κ2) is 9.12. The van der Waals surface area contributed by atoms with Crippen molar-refractivity contribution in [1.82, 2.24) is 5.32 Å². The summed E-state index contributed by atoms with van der Waals surface area (Å²) >= 11 is 24.7. The SMILES string of the molecule is O=C(NC(C(Cl)(Cl)Cl)P(=O)(c1ccccc1)c1ccccc1)c1ccc(Cl)cc1. The van der Waals surface area contributed by atoms with E-state index in [9.17, 15) is 9.36 Å². The molecule has 0 aliphatic carbocycles. The smallest absolute Gasteiger partial charge is 0.252 e. The van der Waals surface area contributed by atoms with Crippen molar-refractivity contribution < 1.29 is 9.36 Å². The highest BCUT2D eigenvalue weighted by Crippen LogP contribution is 2.55. The van der Waals surface area contributed by atoms with Gasteiger partial charge in [0.15, 0.2) is 7.14 Å². The molecular weight excluding hydrogens is 471 g/mol. The van der Waals surface area contributed by atoms with Gasteiger partial charge in [0, 0.05) is 21.2 Å². The number of nitrogens with one attached hydrogen (secondary N) is 1. The third-order valence-corrected chi connectivity index (χ3v) is 9.06. The van der Waals surface area contributed by atoms with E-state index in [1.165, 1.54) is 0 Å². The zero-order valence-electron chi connectivity index (χ0n) is 14.9. The second-order valence-corrected chi connectivity index (χ2v) is 11.9. The van der Waals surface area contributed by atoms with Crippen molar-refractivity contribution in [3.05, 3.63) is 95.5 Å². The minimum absolute atomic E-state index is 0.307.